The first-order chi connectivity index (χ1) is 4.33. The summed E-state index contributed by atoms with van der Waals surface area (Å²) in [5.41, 5.74) is 0.820. The largest absolute Gasteiger partial charge is 0.448 e. The van der Waals surface area contributed by atoms with Crippen molar-refractivity contribution < 1.29 is 4.42 Å². The number of hydrogen-bond donors (Lipinski definition) is 0. The van der Waals surface area contributed by atoms with Crippen molar-refractivity contribution in [1.29, 1.82) is 5.26 Å². The first kappa shape index (κ1) is 5.83. The van der Waals surface area contributed by atoms with E-state index in [9.17, 15) is 0 Å². The molecule has 1 rings (SSSR count). The smallest absolute Gasteiger partial charge is 0.208 e. The number of rotatable bonds is 1. The SMILES string of the molecule is Cc1coc(CC#N)n1. The minimum absolute atomic E-state index is 0.258. The molecule has 1 heterocycles. The Hall–Kier alpha value is -1.30. The van der Waals surface area contributed by atoms with Crippen LogP contribution in [0.5, 0.6) is 0 Å². The third-order valence-corrected chi connectivity index (χ3v) is 0.897. The lowest BCUT2D eigenvalue weighted by Crippen LogP contribution is -1.79. The maximum absolute atomic E-state index is 8.18. The molecular formula is C6H6N2O. The van der Waals surface area contributed by atoms with Crippen molar-refractivity contribution in [3.05, 3.63) is 17.8 Å². The van der Waals surface area contributed by atoms with E-state index in [1.807, 2.05) is 13.0 Å². The van der Waals surface area contributed by atoms with Gasteiger partial charge in [-0.15, -0.1) is 0 Å². The van der Waals surface area contributed by atoms with Crippen LogP contribution < -0.4 is 0 Å². The Bertz CT molecular complexity index is 233. The number of nitrogens with zero attached hydrogens (tertiary/aromatic N) is 2. The van der Waals surface area contributed by atoms with Crippen LogP contribution in [0.25, 0.3) is 0 Å². The zero-order chi connectivity index (χ0) is 6.69. The fourth-order valence-electron chi connectivity index (χ4n) is 0.552. The summed E-state index contributed by atoms with van der Waals surface area (Å²) >= 11 is 0. The predicted molar refractivity (Wildman–Crippen MR) is 30.6 cm³/mol. The first-order valence-electron chi connectivity index (χ1n) is 2.61. The van der Waals surface area contributed by atoms with Crippen LogP contribution in [0.15, 0.2) is 10.7 Å². The molecule has 0 saturated heterocycles. The molecule has 3 nitrogen and oxygen atoms in total. The predicted octanol–water partition coefficient (Wildman–Crippen LogP) is 1.05. The van der Waals surface area contributed by atoms with Crippen LogP contribution >= 0.6 is 0 Å². The van der Waals surface area contributed by atoms with Crippen molar-refractivity contribution in [2.75, 3.05) is 0 Å². The Balaban J connectivity index is 2.76. The highest BCUT2D eigenvalue weighted by molar-refractivity contribution is 4.97. The maximum Gasteiger partial charge on any atom is 0.208 e. The van der Waals surface area contributed by atoms with E-state index in [-0.39, 0.29) is 6.42 Å². The van der Waals surface area contributed by atoms with E-state index in [2.05, 4.69) is 4.98 Å². The molecule has 0 atom stereocenters. The van der Waals surface area contributed by atoms with E-state index in [4.69, 9.17) is 9.68 Å². The van der Waals surface area contributed by atoms with E-state index >= 15 is 0 Å². The lowest BCUT2D eigenvalue weighted by Gasteiger charge is -1.76. The molecule has 0 aliphatic carbocycles. The Morgan fingerprint density at radius 2 is 2.67 bits per heavy atom. The normalized spacial score (nSPS) is 8.89. The van der Waals surface area contributed by atoms with Crippen LogP contribution in [0, 0.1) is 18.3 Å². The minimum atomic E-state index is 0.258. The molecule has 1 aromatic rings. The molecular weight excluding hydrogens is 116 g/mol. The van der Waals surface area contributed by atoms with Gasteiger partial charge in [0.25, 0.3) is 0 Å². The Labute approximate surface area is 52.9 Å². The second kappa shape index (κ2) is 2.31. The summed E-state index contributed by atoms with van der Waals surface area (Å²) in [6.45, 7) is 1.82. The molecule has 0 aliphatic rings. The summed E-state index contributed by atoms with van der Waals surface area (Å²) in [5, 5.41) is 8.18. The molecule has 1 aromatic heterocycles. The summed E-state index contributed by atoms with van der Waals surface area (Å²) < 4.78 is 4.87. The number of oxazole rings is 1. The van der Waals surface area contributed by atoms with E-state index < -0.39 is 0 Å². The highest BCUT2D eigenvalue weighted by Gasteiger charge is 1.96. The summed E-state index contributed by atoms with van der Waals surface area (Å²) in [6.07, 6.45) is 1.79. The number of aromatic nitrogens is 1. The lowest BCUT2D eigenvalue weighted by molar-refractivity contribution is 0.510. The van der Waals surface area contributed by atoms with Gasteiger partial charge in [-0.2, -0.15) is 5.26 Å². The van der Waals surface area contributed by atoms with Crippen LogP contribution in [-0.2, 0) is 6.42 Å². The monoisotopic (exact) mass is 122 g/mol. The van der Waals surface area contributed by atoms with Gasteiger partial charge in [0.1, 0.15) is 12.7 Å². The van der Waals surface area contributed by atoms with Crippen molar-refractivity contribution in [2.24, 2.45) is 0 Å². The van der Waals surface area contributed by atoms with Crippen molar-refractivity contribution in [3.63, 3.8) is 0 Å². The molecule has 0 spiro atoms. The Kier molecular flexibility index (Phi) is 1.50. The van der Waals surface area contributed by atoms with Crippen LogP contribution in [0.4, 0.5) is 0 Å². The highest BCUT2D eigenvalue weighted by atomic mass is 16.3. The quantitative estimate of drug-likeness (QED) is 0.559. The topological polar surface area (TPSA) is 49.8 Å². The van der Waals surface area contributed by atoms with E-state index in [1.54, 1.807) is 0 Å². The number of nitriles is 1. The molecule has 0 aromatic carbocycles. The van der Waals surface area contributed by atoms with Crippen LogP contribution in [-0.4, -0.2) is 4.98 Å². The third kappa shape index (κ3) is 1.29. The molecule has 0 N–H and O–H groups in total. The zero-order valence-corrected chi connectivity index (χ0v) is 5.09. The third-order valence-electron chi connectivity index (χ3n) is 0.897. The molecule has 0 fully saturated rings. The molecule has 0 radical (unpaired) electrons. The second-order valence-electron chi connectivity index (χ2n) is 1.72. The molecule has 0 saturated carbocycles. The Morgan fingerprint density at radius 3 is 3.11 bits per heavy atom. The van der Waals surface area contributed by atoms with Gasteiger partial charge < -0.3 is 4.42 Å². The van der Waals surface area contributed by atoms with Gasteiger partial charge in [-0.1, -0.05) is 0 Å². The maximum atomic E-state index is 8.18. The lowest BCUT2D eigenvalue weighted by atomic mass is 10.5. The second-order valence-corrected chi connectivity index (χ2v) is 1.72. The van der Waals surface area contributed by atoms with Gasteiger partial charge in [0.05, 0.1) is 11.8 Å². The van der Waals surface area contributed by atoms with Crippen LogP contribution in [0.2, 0.25) is 0 Å². The molecule has 9 heavy (non-hydrogen) atoms. The van der Waals surface area contributed by atoms with Crippen LogP contribution in [0.1, 0.15) is 11.6 Å². The van der Waals surface area contributed by atoms with Gasteiger partial charge in [-0.05, 0) is 6.92 Å². The summed E-state index contributed by atoms with van der Waals surface area (Å²) in [4.78, 5) is 3.91. The first-order valence-corrected chi connectivity index (χ1v) is 2.61. The highest BCUT2D eigenvalue weighted by Crippen LogP contribution is 1.99. The van der Waals surface area contributed by atoms with Gasteiger partial charge in [0.2, 0.25) is 5.89 Å². The van der Waals surface area contributed by atoms with E-state index in [1.165, 1.54) is 6.26 Å². The van der Waals surface area contributed by atoms with E-state index in [0.717, 1.165) is 5.69 Å². The summed E-state index contributed by atoms with van der Waals surface area (Å²) in [7, 11) is 0. The van der Waals surface area contributed by atoms with Gasteiger partial charge in [0.15, 0.2) is 0 Å². The van der Waals surface area contributed by atoms with Crippen LogP contribution in [0.3, 0.4) is 0 Å². The average molecular weight is 122 g/mol. The van der Waals surface area contributed by atoms with Gasteiger partial charge in [0, 0.05) is 0 Å². The Morgan fingerprint density at radius 1 is 1.89 bits per heavy atom. The molecule has 0 amide bonds. The average Bonchev–Trinajstić information content (AvgIpc) is 2.17. The van der Waals surface area contributed by atoms with Crippen molar-refractivity contribution in [3.8, 4) is 6.07 Å². The number of hydrogen-bond acceptors (Lipinski definition) is 3. The number of aryl methyl sites for hydroxylation is 1. The van der Waals surface area contributed by atoms with Gasteiger partial charge >= 0.3 is 0 Å². The van der Waals surface area contributed by atoms with Crippen molar-refractivity contribution in [2.45, 2.75) is 13.3 Å². The van der Waals surface area contributed by atoms with Crippen molar-refractivity contribution >= 4 is 0 Å². The summed E-state index contributed by atoms with van der Waals surface area (Å²) in [6, 6.07) is 1.94. The molecule has 0 bridgehead atoms. The standard InChI is InChI=1S/C6H6N2O/c1-5-4-9-6(8-5)2-3-7/h4H,2H2,1H3. The molecule has 0 aliphatic heterocycles. The molecule has 0 unspecified atom stereocenters. The molecule has 46 valence electrons. The minimum Gasteiger partial charge on any atom is -0.448 e. The fourth-order valence-corrected chi connectivity index (χ4v) is 0.552. The fraction of sp³-hybridized carbons (Fsp3) is 0.333. The van der Waals surface area contributed by atoms with E-state index in [0.29, 0.717) is 5.89 Å². The van der Waals surface area contributed by atoms with Gasteiger partial charge in [-0.25, -0.2) is 4.98 Å². The molecule has 3 heteroatoms. The van der Waals surface area contributed by atoms with Gasteiger partial charge in [-0.3, -0.25) is 0 Å². The van der Waals surface area contributed by atoms with Crippen molar-refractivity contribution in [1.82, 2.24) is 4.98 Å². The summed E-state index contributed by atoms with van der Waals surface area (Å²) in [5.74, 6) is 0.495. The zero-order valence-electron chi connectivity index (χ0n) is 5.09.